The number of nitrogens with zero attached hydrogens (tertiary/aromatic N) is 2. The summed E-state index contributed by atoms with van der Waals surface area (Å²) in [5.74, 6) is -0.0909. The molecule has 1 aliphatic heterocycles. The lowest BCUT2D eigenvalue weighted by Gasteiger charge is -2.39. The maximum atomic E-state index is 12.8. The van der Waals surface area contributed by atoms with E-state index in [0.717, 1.165) is 13.1 Å². The topological polar surface area (TPSA) is 56.4 Å². The molecule has 0 aliphatic carbocycles. The van der Waals surface area contributed by atoms with E-state index < -0.39 is 0 Å². The Morgan fingerprint density at radius 3 is 1.90 bits per heavy atom. The number of H-pyrrole nitrogens is 1. The predicted octanol–water partition coefficient (Wildman–Crippen LogP) is 3.76. The molecule has 1 amide bonds. The number of hydrogen-bond acceptors (Lipinski definition) is 3. The van der Waals surface area contributed by atoms with E-state index in [1.165, 1.54) is 18.1 Å². The first kappa shape index (κ1) is 19.2. The van der Waals surface area contributed by atoms with Gasteiger partial charge >= 0.3 is 0 Å². The van der Waals surface area contributed by atoms with Crippen molar-refractivity contribution in [3.8, 4) is 0 Å². The van der Waals surface area contributed by atoms with Gasteiger partial charge in [-0.1, -0.05) is 60.7 Å². The smallest absolute Gasteiger partial charge is 0.270 e. The molecule has 0 saturated carbocycles. The van der Waals surface area contributed by atoms with Crippen molar-refractivity contribution >= 4 is 11.7 Å². The second kappa shape index (κ2) is 8.45. The molecule has 0 unspecified atom stereocenters. The van der Waals surface area contributed by atoms with Crippen molar-refractivity contribution < 1.29 is 9.59 Å². The number of carbonyl (C=O) groups excluding carboxylic acids is 2. The van der Waals surface area contributed by atoms with E-state index in [-0.39, 0.29) is 17.7 Å². The van der Waals surface area contributed by atoms with Gasteiger partial charge in [-0.3, -0.25) is 14.5 Å². The molecule has 4 rings (SSSR count). The first-order valence-electron chi connectivity index (χ1n) is 9.96. The van der Waals surface area contributed by atoms with Crippen LogP contribution in [-0.4, -0.2) is 52.7 Å². The fraction of sp³-hybridized carbons (Fsp3) is 0.250. The maximum Gasteiger partial charge on any atom is 0.270 e. The Morgan fingerprint density at radius 1 is 0.862 bits per heavy atom. The van der Waals surface area contributed by atoms with E-state index in [2.05, 4.69) is 58.4 Å². The second-order valence-corrected chi connectivity index (χ2v) is 7.41. The van der Waals surface area contributed by atoms with Gasteiger partial charge in [0.25, 0.3) is 5.91 Å². The summed E-state index contributed by atoms with van der Waals surface area (Å²) in [6, 6.07) is 22.8. The van der Waals surface area contributed by atoms with Crippen LogP contribution in [0, 0.1) is 0 Å². The molecule has 1 fully saturated rings. The Hall–Kier alpha value is -3.18. The molecule has 1 aromatic heterocycles. The molecular weight excluding hydrogens is 362 g/mol. The third-order valence-electron chi connectivity index (χ3n) is 5.52. The summed E-state index contributed by atoms with van der Waals surface area (Å²) in [5.41, 5.74) is 3.54. The van der Waals surface area contributed by atoms with Gasteiger partial charge in [-0.05, 0) is 24.1 Å². The van der Waals surface area contributed by atoms with Gasteiger partial charge in [-0.15, -0.1) is 0 Å². The van der Waals surface area contributed by atoms with Crippen LogP contribution < -0.4 is 0 Å². The minimum Gasteiger partial charge on any atom is -0.356 e. The number of amides is 1. The molecule has 0 spiro atoms. The minimum absolute atomic E-state index is 0.0429. The van der Waals surface area contributed by atoms with E-state index in [9.17, 15) is 9.59 Å². The predicted molar refractivity (Wildman–Crippen MR) is 113 cm³/mol. The van der Waals surface area contributed by atoms with Crippen molar-refractivity contribution in [2.24, 2.45) is 0 Å². The average molecular weight is 387 g/mol. The fourth-order valence-electron chi connectivity index (χ4n) is 3.96. The van der Waals surface area contributed by atoms with Crippen molar-refractivity contribution in [3.05, 3.63) is 95.3 Å². The van der Waals surface area contributed by atoms with E-state index >= 15 is 0 Å². The van der Waals surface area contributed by atoms with E-state index in [1.807, 2.05) is 17.0 Å². The molecule has 29 heavy (non-hydrogen) atoms. The number of benzene rings is 2. The molecule has 0 bridgehead atoms. The summed E-state index contributed by atoms with van der Waals surface area (Å²) in [5, 5.41) is 0. The number of ketones is 1. The van der Waals surface area contributed by atoms with Gasteiger partial charge in [0, 0.05) is 37.9 Å². The van der Waals surface area contributed by atoms with E-state index in [0.29, 0.717) is 24.3 Å². The van der Waals surface area contributed by atoms with Gasteiger partial charge in [0.15, 0.2) is 5.78 Å². The van der Waals surface area contributed by atoms with Gasteiger partial charge in [-0.25, -0.2) is 0 Å². The van der Waals surface area contributed by atoms with E-state index in [1.54, 1.807) is 12.3 Å². The number of aromatic nitrogens is 1. The summed E-state index contributed by atoms with van der Waals surface area (Å²) >= 11 is 0. The van der Waals surface area contributed by atoms with Crippen LogP contribution in [0.1, 0.15) is 44.9 Å². The Kier molecular flexibility index (Phi) is 5.58. The van der Waals surface area contributed by atoms with Crippen LogP contribution in [0.15, 0.2) is 72.9 Å². The molecule has 3 aromatic rings. The summed E-state index contributed by atoms with van der Waals surface area (Å²) in [4.78, 5) is 31.5. The number of aromatic amines is 1. The van der Waals surface area contributed by atoms with Gasteiger partial charge in [-0.2, -0.15) is 0 Å². The van der Waals surface area contributed by atoms with Crippen molar-refractivity contribution in [3.63, 3.8) is 0 Å². The molecule has 5 nitrogen and oxygen atoms in total. The average Bonchev–Trinajstić information content (AvgIpc) is 3.26. The molecule has 5 heteroatoms. The van der Waals surface area contributed by atoms with Crippen LogP contribution in [-0.2, 0) is 0 Å². The molecule has 1 saturated heterocycles. The standard InChI is InChI=1S/C24H25N3O2/c1-18(28)21-16-22(25-17-21)24(29)27-14-12-26(13-15-27)23(19-8-4-2-5-9-19)20-10-6-3-7-11-20/h2-11,16-17,23,25H,12-15H2,1H3. The summed E-state index contributed by atoms with van der Waals surface area (Å²) < 4.78 is 0. The molecular formula is C24H25N3O2. The van der Waals surface area contributed by atoms with Crippen LogP contribution >= 0.6 is 0 Å². The second-order valence-electron chi connectivity index (χ2n) is 7.41. The zero-order chi connectivity index (χ0) is 20.2. The fourth-order valence-corrected chi connectivity index (χ4v) is 3.96. The lowest BCUT2D eigenvalue weighted by atomic mass is 9.96. The van der Waals surface area contributed by atoms with Crippen LogP contribution in [0.3, 0.4) is 0 Å². The number of Topliss-reactive ketones (excluding diaryl/α,β-unsaturated/α-hetero) is 1. The zero-order valence-electron chi connectivity index (χ0n) is 16.5. The van der Waals surface area contributed by atoms with Crippen LogP contribution in [0.4, 0.5) is 0 Å². The number of piperazine rings is 1. The molecule has 2 aromatic carbocycles. The molecule has 2 heterocycles. The van der Waals surface area contributed by atoms with Crippen LogP contribution in [0.25, 0.3) is 0 Å². The van der Waals surface area contributed by atoms with Gasteiger partial charge in [0.05, 0.1) is 6.04 Å². The van der Waals surface area contributed by atoms with E-state index in [4.69, 9.17) is 0 Å². The summed E-state index contributed by atoms with van der Waals surface area (Å²) in [6.45, 7) is 4.40. The van der Waals surface area contributed by atoms with Crippen LogP contribution in [0.5, 0.6) is 0 Å². The zero-order valence-corrected chi connectivity index (χ0v) is 16.5. The molecule has 148 valence electrons. The Bertz CT molecular complexity index is 934. The Labute approximate surface area is 171 Å². The Balaban J connectivity index is 1.49. The number of carbonyl (C=O) groups is 2. The van der Waals surface area contributed by atoms with Gasteiger partial charge in [0.1, 0.15) is 5.69 Å². The first-order chi connectivity index (χ1) is 14.1. The first-order valence-corrected chi connectivity index (χ1v) is 9.96. The largest absolute Gasteiger partial charge is 0.356 e. The lowest BCUT2D eigenvalue weighted by Crippen LogP contribution is -2.50. The summed E-state index contributed by atoms with van der Waals surface area (Å²) in [6.07, 6.45) is 1.60. The van der Waals surface area contributed by atoms with Gasteiger partial charge < -0.3 is 9.88 Å². The van der Waals surface area contributed by atoms with Crippen molar-refractivity contribution in [2.75, 3.05) is 26.2 Å². The van der Waals surface area contributed by atoms with Crippen molar-refractivity contribution in [1.82, 2.24) is 14.8 Å². The normalized spacial score (nSPS) is 14.9. The molecule has 0 radical (unpaired) electrons. The SMILES string of the molecule is CC(=O)c1c[nH]c(C(=O)N2CCN(C(c3ccccc3)c3ccccc3)CC2)c1. The van der Waals surface area contributed by atoms with Crippen molar-refractivity contribution in [1.29, 1.82) is 0 Å². The molecule has 0 atom stereocenters. The van der Waals surface area contributed by atoms with Crippen molar-refractivity contribution in [2.45, 2.75) is 13.0 Å². The molecule has 1 N–H and O–H groups in total. The quantitative estimate of drug-likeness (QED) is 0.678. The lowest BCUT2D eigenvalue weighted by molar-refractivity contribution is 0.0592. The molecule has 1 aliphatic rings. The third-order valence-corrected chi connectivity index (χ3v) is 5.52. The summed E-state index contributed by atoms with van der Waals surface area (Å²) in [7, 11) is 0. The third kappa shape index (κ3) is 4.15. The maximum absolute atomic E-state index is 12.8. The Morgan fingerprint density at radius 2 is 1.41 bits per heavy atom. The van der Waals surface area contributed by atoms with Crippen LogP contribution in [0.2, 0.25) is 0 Å². The number of rotatable bonds is 5. The monoisotopic (exact) mass is 387 g/mol. The highest BCUT2D eigenvalue weighted by molar-refractivity contribution is 5.99. The number of hydrogen-bond donors (Lipinski definition) is 1. The minimum atomic E-state index is -0.0480. The highest BCUT2D eigenvalue weighted by Crippen LogP contribution is 2.29. The number of nitrogens with one attached hydrogen (secondary N) is 1. The highest BCUT2D eigenvalue weighted by atomic mass is 16.2. The van der Waals surface area contributed by atoms with Gasteiger partial charge in [0.2, 0.25) is 0 Å². The highest BCUT2D eigenvalue weighted by Gasteiger charge is 2.29.